The van der Waals surface area contributed by atoms with E-state index in [0.29, 0.717) is 11.7 Å². The summed E-state index contributed by atoms with van der Waals surface area (Å²) < 4.78 is 0. The number of para-hydroxylation sites is 1. The zero-order valence-corrected chi connectivity index (χ0v) is 15.5. The van der Waals surface area contributed by atoms with Crippen LogP contribution >= 0.6 is 11.8 Å². The Kier molecular flexibility index (Phi) is 5.20. The summed E-state index contributed by atoms with van der Waals surface area (Å²) >= 11 is 1.55. The van der Waals surface area contributed by atoms with Gasteiger partial charge < -0.3 is 11.1 Å². The number of hydrogen-bond donors (Lipinski definition) is 2. The fourth-order valence-electron chi connectivity index (χ4n) is 3.46. The highest BCUT2D eigenvalue weighted by Gasteiger charge is 2.16. The number of rotatable bonds is 4. The van der Waals surface area contributed by atoms with Gasteiger partial charge in [-0.05, 0) is 25.0 Å². The number of nitrogen functional groups attached to an aromatic ring is 1. The molecule has 0 amide bonds. The van der Waals surface area contributed by atoms with Crippen LogP contribution in [0.3, 0.4) is 0 Å². The third kappa shape index (κ3) is 3.75. The van der Waals surface area contributed by atoms with E-state index in [9.17, 15) is 0 Å². The highest BCUT2D eigenvalue weighted by molar-refractivity contribution is 7.99. The quantitative estimate of drug-likeness (QED) is 0.506. The van der Waals surface area contributed by atoms with E-state index < -0.39 is 0 Å². The lowest BCUT2D eigenvalue weighted by molar-refractivity contribution is 0.617. The lowest BCUT2D eigenvalue weighted by atomic mass is 10.1. The maximum Gasteiger partial charge on any atom is 0.154 e. The fraction of sp³-hybridized carbons (Fsp3) is 0.350. The Morgan fingerprint density at radius 1 is 0.962 bits per heavy atom. The van der Waals surface area contributed by atoms with Crippen molar-refractivity contribution < 1.29 is 0 Å². The van der Waals surface area contributed by atoms with Crippen molar-refractivity contribution in [3.8, 4) is 0 Å². The van der Waals surface area contributed by atoms with Gasteiger partial charge in [-0.15, -0.1) is 0 Å². The Morgan fingerprint density at radius 3 is 2.62 bits per heavy atom. The molecule has 2 heterocycles. The van der Waals surface area contributed by atoms with Crippen molar-refractivity contribution >= 4 is 34.2 Å². The van der Waals surface area contributed by atoms with Crippen LogP contribution in [0, 0.1) is 0 Å². The van der Waals surface area contributed by atoms with Crippen LogP contribution in [0.15, 0.2) is 52.8 Å². The maximum absolute atomic E-state index is 6.40. The lowest BCUT2D eigenvalue weighted by Gasteiger charge is -2.18. The number of pyridine rings is 1. The number of nitrogens with zero attached hydrogens (tertiary/aromatic N) is 3. The summed E-state index contributed by atoms with van der Waals surface area (Å²) in [5.41, 5.74) is 7.99. The molecule has 26 heavy (non-hydrogen) atoms. The molecule has 1 aromatic carbocycles. The molecule has 3 N–H and O–H groups in total. The molecule has 4 rings (SSSR count). The Balaban J connectivity index is 1.59. The first-order valence-corrected chi connectivity index (χ1v) is 10.0. The molecule has 1 aliphatic carbocycles. The van der Waals surface area contributed by atoms with Crippen molar-refractivity contribution in [1.82, 2.24) is 15.0 Å². The predicted molar refractivity (Wildman–Crippen MR) is 107 cm³/mol. The van der Waals surface area contributed by atoms with Crippen molar-refractivity contribution in [2.45, 2.75) is 54.5 Å². The topological polar surface area (TPSA) is 76.7 Å². The summed E-state index contributed by atoms with van der Waals surface area (Å²) in [6, 6.07) is 10.6. The summed E-state index contributed by atoms with van der Waals surface area (Å²) in [6.45, 7) is 0. The molecule has 0 radical (unpaired) electrons. The molecular formula is C20H23N5S. The van der Waals surface area contributed by atoms with Gasteiger partial charge >= 0.3 is 0 Å². The molecule has 5 nitrogen and oxygen atoms in total. The molecule has 1 aliphatic rings. The van der Waals surface area contributed by atoms with Gasteiger partial charge in [0.05, 0.1) is 5.52 Å². The van der Waals surface area contributed by atoms with E-state index in [4.69, 9.17) is 5.73 Å². The van der Waals surface area contributed by atoms with Gasteiger partial charge in [0.2, 0.25) is 0 Å². The van der Waals surface area contributed by atoms with Crippen molar-refractivity contribution in [3.63, 3.8) is 0 Å². The van der Waals surface area contributed by atoms with Crippen molar-refractivity contribution in [2.24, 2.45) is 0 Å². The van der Waals surface area contributed by atoms with E-state index in [0.717, 1.165) is 26.6 Å². The standard InChI is InChI=1S/C20H23N5S/c21-17-19(25-15-9-3-1-2-4-10-15)23-13-24-20(17)26-16-11-5-7-14-8-6-12-22-18(14)16/h5-8,11-13,15H,1-4,9-10,21H2,(H,23,24,25). The summed E-state index contributed by atoms with van der Waals surface area (Å²) in [5.74, 6) is 0.752. The molecule has 6 heteroatoms. The summed E-state index contributed by atoms with van der Waals surface area (Å²) in [4.78, 5) is 14.4. The van der Waals surface area contributed by atoms with Gasteiger partial charge in [-0.3, -0.25) is 4.98 Å². The van der Waals surface area contributed by atoms with Crippen molar-refractivity contribution in [2.75, 3.05) is 11.1 Å². The monoisotopic (exact) mass is 365 g/mol. The Morgan fingerprint density at radius 2 is 1.77 bits per heavy atom. The molecule has 1 fully saturated rings. The third-order valence-electron chi connectivity index (χ3n) is 4.85. The summed E-state index contributed by atoms with van der Waals surface area (Å²) in [7, 11) is 0. The fourth-order valence-corrected chi connectivity index (χ4v) is 4.38. The SMILES string of the molecule is Nc1c(NC2CCCCCC2)ncnc1Sc1cccc2cccnc12. The summed E-state index contributed by atoms with van der Waals surface area (Å²) in [5, 5.41) is 5.43. The van der Waals surface area contributed by atoms with Crippen LogP contribution in [0.2, 0.25) is 0 Å². The zero-order valence-electron chi connectivity index (χ0n) is 14.7. The van der Waals surface area contributed by atoms with Crippen LogP contribution < -0.4 is 11.1 Å². The second kappa shape index (κ2) is 7.91. The lowest BCUT2D eigenvalue weighted by Crippen LogP contribution is -2.20. The molecule has 3 aromatic rings. The highest BCUT2D eigenvalue weighted by atomic mass is 32.2. The summed E-state index contributed by atoms with van der Waals surface area (Å²) in [6.07, 6.45) is 11.0. The van der Waals surface area contributed by atoms with Crippen molar-refractivity contribution in [1.29, 1.82) is 0 Å². The first-order chi connectivity index (χ1) is 12.8. The maximum atomic E-state index is 6.40. The minimum Gasteiger partial charge on any atom is -0.394 e. The van der Waals surface area contributed by atoms with Crippen LogP contribution in [0.5, 0.6) is 0 Å². The largest absolute Gasteiger partial charge is 0.394 e. The smallest absolute Gasteiger partial charge is 0.154 e. The molecule has 0 atom stereocenters. The minimum absolute atomic E-state index is 0.451. The van der Waals surface area contributed by atoms with Crippen molar-refractivity contribution in [3.05, 3.63) is 42.9 Å². The second-order valence-corrected chi connectivity index (χ2v) is 7.74. The van der Waals surface area contributed by atoms with Crippen LogP contribution in [-0.4, -0.2) is 21.0 Å². The second-order valence-electron chi connectivity index (χ2n) is 6.71. The zero-order chi connectivity index (χ0) is 17.8. The number of anilines is 2. The van der Waals surface area contributed by atoms with E-state index in [1.54, 1.807) is 18.1 Å². The number of hydrogen-bond acceptors (Lipinski definition) is 6. The van der Waals surface area contributed by atoms with Gasteiger partial charge in [-0.1, -0.05) is 55.6 Å². The van der Waals surface area contributed by atoms with Crippen LogP contribution in [0.25, 0.3) is 10.9 Å². The van der Waals surface area contributed by atoms with Gasteiger partial charge in [0, 0.05) is 22.5 Å². The van der Waals surface area contributed by atoms with Gasteiger partial charge in [0.1, 0.15) is 17.0 Å². The number of benzene rings is 1. The van der Waals surface area contributed by atoms with Crippen LogP contribution in [0.4, 0.5) is 11.5 Å². The van der Waals surface area contributed by atoms with E-state index in [2.05, 4.69) is 38.5 Å². The Labute approximate surface area is 157 Å². The number of nitrogens with one attached hydrogen (secondary N) is 1. The first kappa shape index (κ1) is 17.1. The van der Waals surface area contributed by atoms with Crippen LogP contribution in [0.1, 0.15) is 38.5 Å². The molecule has 0 saturated heterocycles. The number of fused-ring (bicyclic) bond motifs is 1. The van der Waals surface area contributed by atoms with E-state index in [1.807, 2.05) is 18.3 Å². The van der Waals surface area contributed by atoms with Gasteiger partial charge in [-0.25, -0.2) is 9.97 Å². The van der Waals surface area contributed by atoms with Gasteiger partial charge in [-0.2, -0.15) is 0 Å². The molecular weight excluding hydrogens is 342 g/mol. The average molecular weight is 366 g/mol. The molecule has 0 bridgehead atoms. The average Bonchev–Trinajstić information content (AvgIpc) is 2.94. The highest BCUT2D eigenvalue weighted by Crippen LogP contribution is 2.36. The van der Waals surface area contributed by atoms with Gasteiger partial charge in [0.15, 0.2) is 5.82 Å². The Bertz CT molecular complexity index is 885. The minimum atomic E-state index is 0.451. The normalized spacial score (nSPS) is 15.7. The number of aromatic nitrogens is 3. The molecule has 2 aromatic heterocycles. The van der Waals surface area contributed by atoms with E-state index >= 15 is 0 Å². The number of nitrogens with two attached hydrogens (primary N) is 1. The first-order valence-electron chi connectivity index (χ1n) is 9.20. The Hall–Kier alpha value is -2.34. The van der Waals surface area contributed by atoms with Crippen LogP contribution in [-0.2, 0) is 0 Å². The van der Waals surface area contributed by atoms with Gasteiger partial charge in [0.25, 0.3) is 0 Å². The molecule has 1 saturated carbocycles. The van der Waals surface area contributed by atoms with E-state index in [-0.39, 0.29) is 0 Å². The van der Waals surface area contributed by atoms with E-state index in [1.165, 1.54) is 38.5 Å². The third-order valence-corrected chi connectivity index (χ3v) is 5.91. The molecule has 0 unspecified atom stereocenters. The molecule has 134 valence electrons. The predicted octanol–water partition coefficient (Wildman–Crippen LogP) is 4.89. The molecule has 0 aliphatic heterocycles. The molecule has 0 spiro atoms.